The molecule has 4 heteroatoms. The van der Waals surface area contributed by atoms with Crippen molar-refractivity contribution in [1.29, 1.82) is 0 Å². The third-order valence-corrected chi connectivity index (χ3v) is 3.86. The molecule has 0 aliphatic carbocycles. The van der Waals surface area contributed by atoms with Crippen LogP contribution in [0.3, 0.4) is 0 Å². The Bertz CT molecular complexity index is 473. The second kappa shape index (κ2) is 7.64. The molecule has 0 heterocycles. The molecule has 21 heavy (non-hydrogen) atoms. The highest BCUT2D eigenvalue weighted by Crippen LogP contribution is 2.27. The molecule has 0 saturated heterocycles. The molecular weight excluding hydrogens is 280 g/mol. The molecule has 0 fully saturated rings. The summed E-state index contributed by atoms with van der Waals surface area (Å²) in [4.78, 5) is 1.21. The first-order chi connectivity index (χ1) is 9.72. The smallest absolute Gasteiger partial charge is 0.119 e. The van der Waals surface area contributed by atoms with Gasteiger partial charge in [0.05, 0.1) is 11.1 Å². The van der Waals surface area contributed by atoms with E-state index in [4.69, 9.17) is 4.74 Å². The van der Waals surface area contributed by atoms with Gasteiger partial charge in [-0.2, -0.15) is 10.2 Å². The van der Waals surface area contributed by atoms with Crippen molar-refractivity contribution in [3.63, 3.8) is 0 Å². The van der Waals surface area contributed by atoms with Gasteiger partial charge < -0.3 is 4.74 Å². The summed E-state index contributed by atoms with van der Waals surface area (Å²) in [5.74, 6) is 1.75. The van der Waals surface area contributed by atoms with E-state index < -0.39 is 0 Å². The van der Waals surface area contributed by atoms with Gasteiger partial charge in [0.2, 0.25) is 0 Å². The lowest BCUT2D eigenvalue weighted by atomic mass is 10.1. The van der Waals surface area contributed by atoms with E-state index in [0.29, 0.717) is 6.61 Å². The minimum atomic E-state index is -0.171. The van der Waals surface area contributed by atoms with E-state index in [0.717, 1.165) is 11.5 Å². The number of hydrogen-bond acceptors (Lipinski definition) is 4. The number of ether oxygens (including phenoxy) is 1. The van der Waals surface area contributed by atoms with Crippen molar-refractivity contribution in [3.8, 4) is 5.75 Å². The van der Waals surface area contributed by atoms with E-state index in [9.17, 15) is 0 Å². The molecule has 0 saturated carbocycles. The zero-order valence-corrected chi connectivity index (χ0v) is 14.5. The van der Waals surface area contributed by atoms with Crippen LogP contribution in [0.5, 0.6) is 5.75 Å². The number of nitrogens with zero attached hydrogens (tertiary/aromatic N) is 2. The molecule has 0 amide bonds. The van der Waals surface area contributed by atoms with Gasteiger partial charge >= 0.3 is 0 Å². The van der Waals surface area contributed by atoms with E-state index >= 15 is 0 Å². The van der Waals surface area contributed by atoms with Crippen LogP contribution < -0.4 is 4.74 Å². The van der Waals surface area contributed by atoms with Crippen molar-refractivity contribution >= 4 is 11.8 Å². The van der Waals surface area contributed by atoms with Crippen molar-refractivity contribution in [2.24, 2.45) is 10.2 Å². The molecule has 1 aromatic rings. The monoisotopic (exact) mass is 306 g/mol. The van der Waals surface area contributed by atoms with Gasteiger partial charge in [-0.15, -0.1) is 11.8 Å². The SMILES string of the molecule is C=CCOc1ccc(SCC(C)(C)N=NC(C)(C)C)cc1. The quantitative estimate of drug-likeness (QED) is 0.385. The highest BCUT2D eigenvalue weighted by Gasteiger charge is 2.19. The Morgan fingerprint density at radius 3 is 2.24 bits per heavy atom. The standard InChI is InChI=1S/C17H26N2OS/c1-7-12-20-14-8-10-15(11-9-14)21-13-17(5,6)19-18-16(2,3)4/h7-11H,1,12-13H2,2-6H3. The topological polar surface area (TPSA) is 34.0 Å². The maximum absolute atomic E-state index is 5.47. The van der Waals surface area contributed by atoms with E-state index in [2.05, 4.69) is 63.6 Å². The fourth-order valence-electron chi connectivity index (χ4n) is 1.36. The minimum absolute atomic E-state index is 0.119. The summed E-state index contributed by atoms with van der Waals surface area (Å²) in [5.41, 5.74) is -0.290. The summed E-state index contributed by atoms with van der Waals surface area (Å²) in [5, 5.41) is 8.84. The number of hydrogen-bond donors (Lipinski definition) is 0. The molecule has 0 aliphatic heterocycles. The summed E-state index contributed by atoms with van der Waals surface area (Å²) < 4.78 is 5.47. The summed E-state index contributed by atoms with van der Waals surface area (Å²) in [6.45, 7) is 14.6. The molecule has 0 unspecified atom stereocenters. The first-order valence-electron chi connectivity index (χ1n) is 7.12. The molecule has 0 N–H and O–H groups in total. The van der Waals surface area contributed by atoms with Gasteiger partial charge in [0, 0.05) is 10.6 Å². The normalized spacial score (nSPS) is 12.6. The van der Waals surface area contributed by atoms with Gasteiger partial charge in [0.25, 0.3) is 0 Å². The molecule has 0 atom stereocenters. The molecule has 1 rings (SSSR count). The zero-order valence-electron chi connectivity index (χ0n) is 13.7. The number of rotatable bonds is 7. The summed E-state index contributed by atoms with van der Waals surface area (Å²) in [6, 6.07) is 8.10. The maximum Gasteiger partial charge on any atom is 0.119 e. The van der Waals surface area contributed by atoms with Crippen molar-refractivity contribution < 1.29 is 4.74 Å². The van der Waals surface area contributed by atoms with Gasteiger partial charge in [0.1, 0.15) is 12.4 Å². The van der Waals surface area contributed by atoms with Crippen molar-refractivity contribution in [1.82, 2.24) is 0 Å². The van der Waals surface area contributed by atoms with Crippen LogP contribution in [-0.2, 0) is 0 Å². The summed E-state index contributed by atoms with van der Waals surface area (Å²) in [7, 11) is 0. The van der Waals surface area contributed by atoms with Crippen LogP contribution in [0, 0.1) is 0 Å². The fourth-order valence-corrected chi connectivity index (χ4v) is 2.27. The molecule has 0 aromatic heterocycles. The van der Waals surface area contributed by atoms with Crippen LogP contribution in [0.15, 0.2) is 52.0 Å². The van der Waals surface area contributed by atoms with Crippen LogP contribution in [0.4, 0.5) is 0 Å². The zero-order chi connectivity index (χ0) is 15.9. The average Bonchev–Trinajstić information content (AvgIpc) is 2.41. The predicted molar refractivity (Wildman–Crippen MR) is 91.5 cm³/mol. The first kappa shape index (κ1) is 17.8. The molecule has 1 aromatic carbocycles. The van der Waals surface area contributed by atoms with Gasteiger partial charge in [-0.25, -0.2) is 0 Å². The van der Waals surface area contributed by atoms with Crippen LogP contribution in [0.1, 0.15) is 34.6 Å². The van der Waals surface area contributed by atoms with Crippen LogP contribution in [-0.4, -0.2) is 23.4 Å². The third kappa shape index (κ3) is 7.90. The average molecular weight is 306 g/mol. The van der Waals surface area contributed by atoms with E-state index in [1.807, 2.05) is 12.1 Å². The largest absolute Gasteiger partial charge is 0.490 e. The third-order valence-electron chi connectivity index (χ3n) is 2.40. The second-order valence-electron chi connectivity index (χ2n) is 6.54. The van der Waals surface area contributed by atoms with Gasteiger partial charge in [-0.05, 0) is 58.9 Å². The predicted octanol–water partition coefficient (Wildman–Crippen LogP) is 5.37. The van der Waals surface area contributed by atoms with Gasteiger partial charge in [-0.1, -0.05) is 12.7 Å². The van der Waals surface area contributed by atoms with Crippen LogP contribution >= 0.6 is 11.8 Å². The number of azo groups is 1. The molecule has 3 nitrogen and oxygen atoms in total. The van der Waals surface area contributed by atoms with Crippen LogP contribution in [0.2, 0.25) is 0 Å². The van der Waals surface area contributed by atoms with Crippen molar-refractivity contribution in [3.05, 3.63) is 36.9 Å². The van der Waals surface area contributed by atoms with Gasteiger partial charge in [-0.3, -0.25) is 0 Å². The Hall–Kier alpha value is -1.29. The molecule has 0 radical (unpaired) electrons. The molecule has 116 valence electrons. The highest BCUT2D eigenvalue weighted by molar-refractivity contribution is 7.99. The molecule has 0 spiro atoms. The van der Waals surface area contributed by atoms with Crippen molar-refractivity contribution in [2.45, 2.75) is 50.6 Å². The fraction of sp³-hybridized carbons (Fsp3) is 0.529. The highest BCUT2D eigenvalue weighted by atomic mass is 32.2. The summed E-state index contributed by atoms with van der Waals surface area (Å²) in [6.07, 6.45) is 1.74. The lowest BCUT2D eigenvalue weighted by Gasteiger charge is -2.20. The number of thioether (sulfide) groups is 1. The molecular formula is C17H26N2OS. The van der Waals surface area contributed by atoms with Crippen LogP contribution in [0.25, 0.3) is 0 Å². The Labute approximate surface area is 132 Å². The van der Waals surface area contributed by atoms with Crippen molar-refractivity contribution in [2.75, 3.05) is 12.4 Å². The second-order valence-corrected chi connectivity index (χ2v) is 7.59. The van der Waals surface area contributed by atoms with E-state index in [-0.39, 0.29) is 11.1 Å². The lowest BCUT2D eigenvalue weighted by Crippen LogP contribution is -2.21. The summed E-state index contributed by atoms with van der Waals surface area (Å²) >= 11 is 1.78. The Balaban J connectivity index is 2.54. The first-order valence-corrected chi connectivity index (χ1v) is 8.11. The van der Waals surface area contributed by atoms with Gasteiger partial charge in [0.15, 0.2) is 0 Å². The van der Waals surface area contributed by atoms with E-state index in [1.165, 1.54) is 4.90 Å². The molecule has 0 aliphatic rings. The minimum Gasteiger partial charge on any atom is -0.490 e. The Kier molecular flexibility index (Phi) is 6.46. The lowest BCUT2D eigenvalue weighted by molar-refractivity contribution is 0.363. The van der Waals surface area contributed by atoms with E-state index in [1.54, 1.807) is 17.8 Å². The Morgan fingerprint density at radius 1 is 1.10 bits per heavy atom. The Morgan fingerprint density at radius 2 is 1.71 bits per heavy atom. The number of benzene rings is 1. The maximum atomic E-state index is 5.47. The molecule has 0 bridgehead atoms.